The van der Waals surface area contributed by atoms with E-state index in [9.17, 15) is 14.7 Å². The van der Waals surface area contributed by atoms with Crippen molar-refractivity contribution in [3.05, 3.63) is 33.1 Å². The van der Waals surface area contributed by atoms with Crippen LogP contribution in [-0.2, 0) is 0 Å². The Kier molecular flexibility index (Phi) is 5.05. The van der Waals surface area contributed by atoms with E-state index in [1.165, 1.54) is 6.20 Å². The van der Waals surface area contributed by atoms with Gasteiger partial charge in [-0.1, -0.05) is 11.6 Å². The molecule has 2 N–H and O–H groups in total. The lowest BCUT2D eigenvalue weighted by Gasteiger charge is -2.33. The number of halogens is 2. The van der Waals surface area contributed by atoms with Crippen LogP contribution in [0.15, 0.2) is 17.1 Å². The molecule has 2 aromatic rings. The Morgan fingerprint density at radius 1 is 1.38 bits per heavy atom. The van der Waals surface area contributed by atoms with E-state index in [0.29, 0.717) is 34.0 Å². The largest absolute Gasteiger partial charge is 0.488 e. The fraction of sp³-hybridized carbons (Fsp3) is 0.412. The van der Waals surface area contributed by atoms with Crippen LogP contribution < -0.4 is 20.4 Å². The monoisotopic (exact) mass is 399 g/mol. The number of benzene rings is 1. The molecule has 140 valence electrons. The number of ether oxygens (including phenoxy) is 1. The number of hydrogen-bond acceptors (Lipinski definition) is 5. The van der Waals surface area contributed by atoms with Crippen LogP contribution in [0.1, 0.15) is 23.3 Å². The van der Waals surface area contributed by atoms with Crippen molar-refractivity contribution in [2.75, 3.05) is 37.7 Å². The first-order chi connectivity index (χ1) is 12.0. The Balaban J connectivity index is 0.00000196. The van der Waals surface area contributed by atoms with Gasteiger partial charge in [0.15, 0.2) is 5.75 Å². The van der Waals surface area contributed by atoms with Crippen LogP contribution in [0.4, 0.5) is 5.69 Å². The molecule has 1 aromatic carbocycles. The van der Waals surface area contributed by atoms with E-state index in [1.807, 2.05) is 6.92 Å². The molecule has 1 unspecified atom stereocenters. The third-order valence-corrected chi connectivity index (χ3v) is 5.19. The van der Waals surface area contributed by atoms with Crippen LogP contribution in [0.5, 0.6) is 5.75 Å². The molecular weight excluding hydrogens is 381 g/mol. The fourth-order valence-corrected chi connectivity index (χ4v) is 3.82. The second kappa shape index (κ2) is 6.98. The first-order valence-corrected chi connectivity index (χ1v) is 8.60. The number of aromatic carboxylic acids is 1. The summed E-state index contributed by atoms with van der Waals surface area (Å²) >= 11 is 6.61. The standard InChI is InChI=1S/C17H18ClN3O4.ClH/c1-9-8-25-16-13(18)12(20-4-2-19-3-5-20)6-10-14(16)21(9)7-11(15(10)22)17(23)24;/h6-7,9,19H,2-5,8H2,1H3,(H,23,24);1H. The predicted octanol–water partition coefficient (Wildman–Crippen LogP) is 2.14. The molecule has 1 saturated heterocycles. The van der Waals surface area contributed by atoms with Crippen LogP contribution in [0.3, 0.4) is 0 Å². The second-order valence-corrected chi connectivity index (χ2v) is 6.79. The van der Waals surface area contributed by atoms with E-state index in [2.05, 4.69) is 10.2 Å². The maximum Gasteiger partial charge on any atom is 0.341 e. The second-order valence-electron chi connectivity index (χ2n) is 6.42. The quantitative estimate of drug-likeness (QED) is 0.804. The minimum Gasteiger partial charge on any atom is -0.488 e. The number of rotatable bonds is 2. The van der Waals surface area contributed by atoms with Gasteiger partial charge < -0.3 is 24.6 Å². The fourth-order valence-electron chi connectivity index (χ4n) is 3.50. The average Bonchev–Trinajstić information content (AvgIpc) is 2.61. The molecule has 1 atom stereocenters. The van der Waals surface area contributed by atoms with Gasteiger partial charge in [0.1, 0.15) is 17.2 Å². The maximum absolute atomic E-state index is 12.7. The van der Waals surface area contributed by atoms with Crippen LogP contribution in [0.25, 0.3) is 10.9 Å². The molecule has 0 amide bonds. The van der Waals surface area contributed by atoms with Crippen LogP contribution in [0.2, 0.25) is 5.02 Å². The molecule has 9 heteroatoms. The molecule has 0 spiro atoms. The number of carboxylic acids is 1. The van der Waals surface area contributed by atoms with Gasteiger partial charge in [0, 0.05) is 32.4 Å². The normalized spacial score (nSPS) is 19.0. The summed E-state index contributed by atoms with van der Waals surface area (Å²) in [6, 6.07) is 1.62. The molecule has 1 aromatic heterocycles. The van der Waals surface area contributed by atoms with E-state index in [-0.39, 0.29) is 24.0 Å². The summed E-state index contributed by atoms with van der Waals surface area (Å²) in [6.45, 7) is 5.44. The number of nitrogens with zero attached hydrogens (tertiary/aromatic N) is 2. The number of piperazine rings is 1. The minimum atomic E-state index is -1.23. The van der Waals surface area contributed by atoms with Crippen LogP contribution in [-0.4, -0.2) is 48.4 Å². The third kappa shape index (κ3) is 2.80. The summed E-state index contributed by atoms with van der Waals surface area (Å²) < 4.78 is 7.63. The summed E-state index contributed by atoms with van der Waals surface area (Å²) in [5.74, 6) is -0.769. The summed E-state index contributed by atoms with van der Waals surface area (Å²) in [5, 5.41) is 13.5. The minimum absolute atomic E-state index is 0. The first-order valence-electron chi connectivity index (χ1n) is 8.22. The van der Waals surface area contributed by atoms with Crippen molar-refractivity contribution in [2.24, 2.45) is 0 Å². The summed E-state index contributed by atoms with van der Waals surface area (Å²) in [7, 11) is 0. The van der Waals surface area contributed by atoms with Gasteiger partial charge in [0.05, 0.1) is 22.6 Å². The molecule has 0 bridgehead atoms. The van der Waals surface area contributed by atoms with Crippen molar-refractivity contribution in [2.45, 2.75) is 13.0 Å². The van der Waals surface area contributed by atoms with E-state index in [1.54, 1.807) is 10.6 Å². The lowest BCUT2D eigenvalue weighted by atomic mass is 10.1. The van der Waals surface area contributed by atoms with Gasteiger partial charge in [-0.3, -0.25) is 4.79 Å². The predicted molar refractivity (Wildman–Crippen MR) is 103 cm³/mol. The van der Waals surface area contributed by atoms with E-state index in [4.69, 9.17) is 16.3 Å². The van der Waals surface area contributed by atoms with Gasteiger partial charge in [-0.25, -0.2) is 4.79 Å². The SMILES string of the molecule is CC1COc2c(Cl)c(N3CCNCC3)cc3c(=O)c(C(=O)O)cn1c23.Cl. The van der Waals surface area contributed by atoms with Gasteiger partial charge in [0.2, 0.25) is 5.43 Å². The van der Waals surface area contributed by atoms with E-state index < -0.39 is 11.4 Å². The Hall–Kier alpha value is -1.96. The number of carbonyl (C=O) groups is 1. The van der Waals surface area contributed by atoms with Crippen molar-refractivity contribution in [1.29, 1.82) is 0 Å². The molecule has 2 aliphatic heterocycles. The number of anilines is 1. The Morgan fingerprint density at radius 3 is 2.73 bits per heavy atom. The van der Waals surface area contributed by atoms with Crippen LogP contribution >= 0.6 is 24.0 Å². The Bertz CT molecular complexity index is 938. The molecular formula is C17H19Cl2N3O4. The van der Waals surface area contributed by atoms with Crippen LogP contribution in [0, 0.1) is 0 Å². The van der Waals surface area contributed by atoms with Gasteiger partial charge in [-0.2, -0.15) is 0 Å². The smallest absolute Gasteiger partial charge is 0.341 e. The van der Waals surface area contributed by atoms with Crippen molar-refractivity contribution in [1.82, 2.24) is 9.88 Å². The molecule has 0 aliphatic carbocycles. The highest BCUT2D eigenvalue weighted by Gasteiger charge is 2.28. The average molecular weight is 400 g/mol. The topological polar surface area (TPSA) is 83.8 Å². The van der Waals surface area contributed by atoms with Gasteiger partial charge in [-0.05, 0) is 13.0 Å². The number of carboxylic acid groups (broad SMARTS) is 1. The van der Waals surface area contributed by atoms with E-state index in [0.717, 1.165) is 26.2 Å². The zero-order valence-corrected chi connectivity index (χ0v) is 15.7. The Labute approximate surface area is 160 Å². The summed E-state index contributed by atoms with van der Waals surface area (Å²) in [4.78, 5) is 26.3. The molecule has 1 fully saturated rings. The molecule has 7 nitrogen and oxygen atoms in total. The highest BCUT2D eigenvalue weighted by Crippen LogP contribution is 2.43. The molecule has 0 radical (unpaired) electrons. The number of pyridine rings is 1. The van der Waals surface area contributed by atoms with Crippen molar-refractivity contribution in [3.8, 4) is 5.75 Å². The zero-order chi connectivity index (χ0) is 17.7. The van der Waals surface area contributed by atoms with Crippen molar-refractivity contribution >= 4 is 46.6 Å². The first kappa shape index (κ1) is 18.8. The molecule has 4 rings (SSSR count). The molecule has 0 saturated carbocycles. The number of aromatic nitrogens is 1. The van der Waals surface area contributed by atoms with Gasteiger partial charge in [0.25, 0.3) is 0 Å². The maximum atomic E-state index is 12.7. The highest BCUT2D eigenvalue weighted by molar-refractivity contribution is 6.36. The summed E-state index contributed by atoms with van der Waals surface area (Å²) in [6.07, 6.45) is 1.39. The Morgan fingerprint density at radius 2 is 2.08 bits per heavy atom. The third-order valence-electron chi connectivity index (χ3n) is 4.82. The van der Waals surface area contributed by atoms with Crippen molar-refractivity contribution < 1.29 is 14.6 Å². The molecule has 2 aliphatic rings. The zero-order valence-electron chi connectivity index (χ0n) is 14.1. The lowest BCUT2D eigenvalue weighted by Crippen LogP contribution is -2.43. The number of hydrogen-bond donors (Lipinski definition) is 2. The molecule has 3 heterocycles. The lowest BCUT2D eigenvalue weighted by molar-refractivity contribution is 0.0694. The van der Waals surface area contributed by atoms with Gasteiger partial charge >= 0.3 is 5.97 Å². The highest BCUT2D eigenvalue weighted by atomic mass is 35.5. The van der Waals surface area contributed by atoms with Crippen molar-refractivity contribution in [3.63, 3.8) is 0 Å². The number of nitrogens with one attached hydrogen (secondary N) is 1. The van der Waals surface area contributed by atoms with Gasteiger partial charge in [-0.15, -0.1) is 12.4 Å². The molecule has 26 heavy (non-hydrogen) atoms. The summed E-state index contributed by atoms with van der Waals surface area (Å²) in [5.41, 5.74) is 0.538. The van der Waals surface area contributed by atoms with E-state index >= 15 is 0 Å².